The lowest BCUT2D eigenvalue weighted by atomic mass is 10.2. The maximum atomic E-state index is 6.04. The Morgan fingerprint density at radius 3 is 2.89 bits per heavy atom. The van der Waals surface area contributed by atoms with Crippen molar-refractivity contribution >= 4 is 11.6 Å². The van der Waals surface area contributed by atoms with Gasteiger partial charge in [0, 0.05) is 23.2 Å². The van der Waals surface area contributed by atoms with Gasteiger partial charge in [0.1, 0.15) is 12.4 Å². The van der Waals surface area contributed by atoms with Gasteiger partial charge in [-0.05, 0) is 51.0 Å². The van der Waals surface area contributed by atoms with Crippen LogP contribution in [0.2, 0.25) is 5.02 Å². The summed E-state index contributed by atoms with van der Waals surface area (Å²) in [5, 5.41) is 4.25. The Hall–Kier alpha value is -0.990. The molecular formula is C15H20ClNO. The summed E-state index contributed by atoms with van der Waals surface area (Å²) in [6, 6.07) is 6.49. The zero-order valence-electron chi connectivity index (χ0n) is 11.0. The van der Waals surface area contributed by atoms with Crippen molar-refractivity contribution in [2.75, 3.05) is 6.61 Å². The summed E-state index contributed by atoms with van der Waals surface area (Å²) in [6.07, 6.45) is 4.65. The smallest absolute Gasteiger partial charge is 0.124 e. The van der Waals surface area contributed by atoms with Crippen molar-refractivity contribution in [2.24, 2.45) is 0 Å². The maximum Gasteiger partial charge on any atom is 0.124 e. The number of benzene rings is 1. The second-order valence-electron chi connectivity index (χ2n) is 5.00. The van der Waals surface area contributed by atoms with Gasteiger partial charge in [-0.25, -0.2) is 0 Å². The first-order chi connectivity index (χ1) is 8.65. The molecule has 0 atom stereocenters. The largest absolute Gasteiger partial charge is 0.489 e. The summed E-state index contributed by atoms with van der Waals surface area (Å²) in [7, 11) is 0. The van der Waals surface area contributed by atoms with Crippen LogP contribution in [0, 0.1) is 0 Å². The topological polar surface area (TPSA) is 21.3 Å². The van der Waals surface area contributed by atoms with Crippen LogP contribution < -0.4 is 10.1 Å². The molecule has 1 aliphatic carbocycles. The molecule has 1 N–H and O–H groups in total. The van der Waals surface area contributed by atoms with Crippen LogP contribution in [0.1, 0.15) is 32.3 Å². The minimum absolute atomic E-state index is 0.612. The van der Waals surface area contributed by atoms with Crippen molar-refractivity contribution in [2.45, 2.75) is 39.3 Å². The third-order valence-corrected chi connectivity index (χ3v) is 3.15. The normalized spacial score (nSPS) is 14.4. The van der Waals surface area contributed by atoms with Crippen LogP contribution in [0.5, 0.6) is 5.75 Å². The third kappa shape index (κ3) is 4.35. The van der Waals surface area contributed by atoms with Gasteiger partial charge in [-0.2, -0.15) is 0 Å². The molecule has 3 heteroatoms. The van der Waals surface area contributed by atoms with Gasteiger partial charge in [-0.3, -0.25) is 0 Å². The Bertz CT molecular complexity index is 434. The first kappa shape index (κ1) is 13.4. The number of rotatable bonds is 6. The summed E-state index contributed by atoms with van der Waals surface area (Å²) in [4.78, 5) is 0. The maximum absolute atomic E-state index is 6.04. The quantitative estimate of drug-likeness (QED) is 0.787. The highest BCUT2D eigenvalue weighted by atomic mass is 35.5. The molecule has 2 rings (SSSR count). The van der Waals surface area contributed by atoms with Crippen LogP contribution >= 0.6 is 11.6 Å². The molecule has 0 aliphatic heterocycles. The van der Waals surface area contributed by atoms with E-state index in [1.807, 2.05) is 18.2 Å². The molecule has 1 fully saturated rings. The van der Waals surface area contributed by atoms with Gasteiger partial charge in [-0.1, -0.05) is 17.2 Å². The minimum Gasteiger partial charge on any atom is -0.489 e. The van der Waals surface area contributed by atoms with E-state index in [9.17, 15) is 0 Å². The molecule has 0 spiro atoms. The Morgan fingerprint density at radius 1 is 1.44 bits per heavy atom. The Morgan fingerprint density at radius 2 is 2.22 bits per heavy atom. The van der Waals surface area contributed by atoms with Crippen LogP contribution in [-0.4, -0.2) is 12.6 Å². The van der Waals surface area contributed by atoms with E-state index in [0.29, 0.717) is 12.6 Å². The van der Waals surface area contributed by atoms with Gasteiger partial charge in [0.2, 0.25) is 0 Å². The average molecular weight is 266 g/mol. The number of hydrogen-bond donors (Lipinski definition) is 1. The van der Waals surface area contributed by atoms with Crippen LogP contribution in [0.4, 0.5) is 0 Å². The van der Waals surface area contributed by atoms with Gasteiger partial charge < -0.3 is 10.1 Å². The van der Waals surface area contributed by atoms with E-state index >= 15 is 0 Å². The van der Waals surface area contributed by atoms with E-state index < -0.39 is 0 Å². The molecule has 1 aromatic carbocycles. The van der Waals surface area contributed by atoms with Gasteiger partial charge >= 0.3 is 0 Å². The molecule has 0 radical (unpaired) electrons. The number of ether oxygens (including phenoxy) is 1. The molecule has 98 valence electrons. The molecule has 0 unspecified atom stereocenters. The Labute approximate surface area is 114 Å². The minimum atomic E-state index is 0.612. The molecule has 0 bridgehead atoms. The second kappa shape index (κ2) is 6.26. The Kier molecular flexibility index (Phi) is 4.67. The molecule has 1 aliphatic rings. The molecule has 0 amide bonds. The number of allylic oxidation sites excluding steroid dienone is 1. The van der Waals surface area contributed by atoms with Crippen LogP contribution in [0.15, 0.2) is 29.8 Å². The summed E-state index contributed by atoms with van der Waals surface area (Å²) < 4.78 is 5.78. The first-order valence-electron chi connectivity index (χ1n) is 6.43. The highest BCUT2D eigenvalue weighted by molar-refractivity contribution is 6.30. The van der Waals surface area contributed by atoms with E-state index in [-0.39, 0.29) is 0 Å². The lowest BCUT2D eigenvalue weighted by Crippen LogP contribution is -2.16. The Balaban J connectivity index is 1.99. The summed E-state index contributed by atoms with van der Waals surface area (Å²) in [5.74, 6) is 0.921. The van der Waals surface area contributed by atoms with E-state index in [1.54, 1.807) is 0 Å². The fraction of sp³-hybridized carbons (Fsp3) is 0.467. The van der Waals surface area contributed by atoms with E-state index in [1.165, 1.54) is 18.4 Å². The number of halogens is 1. The fourth-order valence-corrected chi connectivity index (χ4v) is 1.86. The molecule has 18 heavy (non-hydrogen) atoms. The molecule has 1 aromatic rings. The van der Waals surface area contributed by atoms with Crippen molar-refractivity contribution in [3.63, 3.8) is 0 Å². The molecular weight excluding hydrogens is 246 g/mol. The monoisotopic (exact) mass is 265 g/mol. The zero-order chi connectivity index (χ0) is 13.0. The number of hydrogen-bond acceptors (Lipinski definition) is 2. The van der Waals surface area contributed by atoms with Crippen molar-refractivity contribution in [1.29, 1.82) is 0 Å². The first-order valence-corrected chi connectivity index (χ1v) is 6.81. The number of nitrogens with one attached hydrogen (secondary N) is 1. The SMILES string of the molecule is CC(C)=CCOc1ccc(Cl)cc1CNC1CC1. The lowest BCUT2D eigenvalue weighted by molar-refractivity contribution is 0.356. The van der Waals surface area contributed by atoms with Crippen LogP contribution in [0.3, 0.4) is 0 Å². The van der Waals surface area contributed by atoms with Crippen LogP contribution in [-0.2, 0) is 6.54 Å². The van der Waals surface area contributed by atoms with Gasteiger partial charge in [0.05, 0.1) is 0 Å². The molecule has 0 saturated heterocycles. The molecule has 0 aromatic heterocycles. The zero-order valence-corrected chi connectivity index (χ0v) is 11.8. The van der Waals surface area contributed by atoms with Crippen molar-refractivity contribution < 1.29 is 4.74 Å². The van der Waals surface area contributed by atoms with Crippen LogP contribution in [0.25, 0.3) is 0 Å². The van der Waals surface area contributed by atoms with E-state index in [4.69, 9.17) is 16.3 Å². The molecule has 2 nitrogen and oxygen atoms in total. The summed E-state index contributed by atoms with van der Waals surface area (Å²) >= 11 is 6.04. The van der Waals surface area contributed by atoms with E-state index in [0.717, 1.165) is 22.9 Å². The van der Waals surface area contributed by atoms with Crippen molar-refractivity contribution in [1.82, 2.24) is 5.32 Å². The highest BCUT2D eigenvalue weighted by Crippen LogP contribution is 2.25. The predicted octanol–water partition coefficient (Wildman–Crippen LogP) is 3.94. The fourth-order valence-electron chi connectivity index (χ4n) is 1.67. The average Bonchev–Trinajstić information content (AvgIpc) is 3.12. The second-order valence-corrected chi connectivity index (χ2v) is 5.44. The highest BCUT2D eigenvalue weighted by Gasteiger charge is 2.20. The van der Waals surface area contributed by atoms with Crippen molar-refractivity contribution in [3.05, 3.63) is 40.4 Å². The standard InChI is InChI=1S/C15H20ClNO/c1-11(2)7-8-18-15-6-3-13(16)9-12(15)10-17-14-4-5-14/h3,6-7,9,14,17H,4-5,8,10H2,1-2H3. The van der Waals surface area contributed by atoms with Gasteiger partial charge in [0.25, 0.3) is 0 Å². The van der Waals surface area contributed by atoms with Crippen molar-refractivity contribution in [3.8, 4) is 5.75 Å². The summed E-state index contributed by atoms with van der Waals surface area (Å²) in [6.45, 7) is 5.58. The van der Waals surface area contributed by atoms with Gasteiger partial charge in [0.15, 0.2) is 0 Å². The lowest BCUT2D eigenvalue weighted by Gasteiger charge is -2.11. The summed E-state index contributed by atoms with van der Waals surface area (Å²) in [5.41, 5.74) is 2.40. The molecule has 0 heterocycles. The predicted molar refractivity (Wildman–Crippen MR) is 76.2 cm³/mol. The van der Waals surface area contributed by atoms with Gasteiger partial charge in [-0.15, -0.1) is 0 Å². The van der Waals surface area contributed by atoms with E-state index in [2.05, 4.69) is 25.2 Å². The molecule has 1 saturated carbocycles. The third-order valence-electron chi connectivity index (χ3n) is 2.91.